The van der Waals surface area contributed by atoms with Crippen LogP contribution in [0.1, 0.15) is 11.1 Å². The molecule has 0 heterocycles. The fourth-order valence-corrected chi connectivity index (χ4v) is 2.91. The number of anilines is 1. The number of nitro groups is 1. The molecular formula is C21H14Cl2N2O3. The van der Waals surface area contributed by atoms with Crippen molar-refractivity contribution >= 4 is 52.1 Å². The van der Waals surface area contributed by atoms with Gasteiger partial charge in [-0.05, 0) is 35.4 Å². The molecular weight excluding hydrogens is 399 g/mol. The van der Waals surface area contributed by atoms with Crippen LogP contribution in [-0.4, -0.2) is 10.8 Å². The molecule has 0 aromatic heterocycles. The Hall–Kier alpha value is -3.15. The normalized spacial score (nSPS) is 11.1. The summed E-state index contributed by atoms with van der Waals surface area (Å²) in [7, 11) is 0. The molecule has 0 fully saturated rings. The van der Waals surface area contributed by atoms with Gasteiger partial charge in [-0.1, -0.05) is 65.7 Å². The number of nitrogens with zero attached hydrogens (tertiary/aromatic N) is 1. The molecule has 0 atom stereocenters. The Kier molecular flexibility index (Phi) is 6.09. The number of carbonyl (C=O) groups is 1. The summed E-state index contributed by atoms with van der Waals surface area (Å²) in [6.07, 6.45) is 1.59. The van der Waals surface area contributed by atoms with Gasteiger partial charge in [-0.2, -0.15) is 0 Å². The van der Waals surface area contributed by atoms with Crippen LogP contribution in [0.15, 0.2) is 72.8 Å². The van der Waals surface area contributed by atoms with Crippen LogP contribution >= 0.6 is 23.2 Å². The molecule has 0 saturated carbocycles. The van der Waals surface area contributed by atoms with Gasteiger partial charge in [0, 0.05) is 22.7 Å². The fraction of sp³-hybridized carbons (Fsp3) is 0. The Labute approximate surface area is 171 Å². The van der Waals surface area contributed by atoms with E-state index in [1.807, 2.05) is 6.07 Å². The summed E-state index contributed by atoms with van der Waals surface area (Å²) < 4.78 is 0. The number of hydrogen-bond donors (Lipinski definition) is 1. The van der Waals surface area contributed by atoms with E-state index >= 15 is 0 Å². The number of halogens is 2. The first-order chi connectivity index (χ1) is 13.4. The van der Waals surface area contributed by atoms with Crippen molar-refractivity contribution in [1.82, 2.24) is 0 Å². The van der Waals surface area contributed by atoms with Crippen LogP contribution in [0.5, 0.6) is 0 Å². The van der Waals surface area contributed by atoms with Gasteiger partial charge in [-0.15, -0.1) is 0 Å². The van der Waals surface area contributed by atoms with Crippen molar-refractivity contribution in [2.45, 2.75) is 0 Å². The summed E-state index contributed by atoms with van der Waals surface area (Å²) in [5.74, 6) is -0.415. The topological polar surface area (TPSA) is 72.2 Å². The lowest BCUT2D eigenvalue weighted by Crippen LogP contribution is -2.14. The van der Waals surface area contributed by atoms with Crippen molar-refractivity contribution in [3.05, 3.63) is 104 Å². The molecule has 0 aliphatic rings. The molecule has 0 aliphatic heterocycles. The molecule has 0 aliphatic carbocycles. The highest BCUT2D eigenvalue weighted by Gasteiger charge is 2.15. The van der Waals surface area contributed by atoms with Gasteiger partial charge in [0.1, 0.15) is 0 Å². The highest BCUT2D eigenvalue weighted by molar-refractivity contribution is 6.37. The molecule has 0 radical (unpaired) electrons. The number of amides is 1. The molecule has 0 unspecified atom stereocenters. The van der Waals surface area contributed by atoms with E-state index in [-0.39, 0.29) is 5.69 Å². The number of rotatable bonds is 5. The van der Waals surface area contributed by atoms with Gasteiger partial charge >= 0.3 is 0 Å². The highest BCUT2D eigenvalue weighted by Crippen LogP contribution is 2.28. The van der Waals surface area contributed by atoms with E-state index in [1.165, 1.54) is 12.1 Å². The minimum Gasteiger partial charge on any atom is -0.321 e. The molecule has 7 heteroatoms. The summed E-state index contributed by atoms with van der Waals surface area (Å²) in [5, 5.41) is 14.6. The van der Waals surface area contributed by atoms with Gasteiger partial charge in [0.15, 0.2) is 0 Å². The first-order valence-corrected chi connectivity index (χ1v) is 8.97. The second kappa shape index (κ2) is 8.69. The molecule has 0 spiro atoms. The third-order valence-electron chi connectivity index (χ3n) is 3.90. The SMILES string of the molecule is O=C(Nc1cc(Cl)ccc1Cl)/C(=C/c1cccc([N+](=O)[O-])c1)c1ccccc1. The van der Waals surface area contributed by atoms with E-state index in [9.17, 15) is 14.9 Å². The van der Waals surface area contributed by atoms with E-state index in [2.05, 4.69) is 5.32 Å². The second-order valence-corrected chi connectivity index (χ2v) is 6.70. The zero-order valence-electron chi connectivity index (χ0n) is 14.4. The van der Waals surface area contributed by atoms with Crippen molar-refractivity contribution in [2.75, 3.05) is 5.32 Å². The molecule has 3 aromatic rings. The number of nitrogens with one attached hydrogen (secondary N) is 1. The zero-order valence-corrected chi connectivity index (χ0v) is 15.9. The molecule has 5 nitrogen and oxygen atoms in total. The van der Waals surface area contributed by atoms with Gasteiger partial charge in [0.05, 0.1) is 15.6 Å². The van der Waals surface area contributed by atoms with Gasteiger partial charge in [0.2, 0.25) is 0 Å². The lowest BCUT2D eigenvalue weighted by Gasteiger charge is -2.11. The third kappa shape index (κ3) is 4.76. The Morgan fingerprint density at radius 2 is 1.71 bits per heavy atom. The van der Waals surface area contributed by atoms with E-state index in [1.54, 1.807) is 60.7 Å². The largest absolute Gasteiger partial charge is 0.321 e. The first kappa shape index (κ1) is 19.6. The predicted molar refractivity (Wildman–Crippen MR) is 113 cm³/mol. The standard InChI is InChI=1S/C21H14Cl2N2O3/c22-16-9-10-19(23)20(13-16)24-21(26)18(15-6-2-1-3-7-15)12-14-5-4-8-17(11-14)25(27)28/h1-13H,(H,24,26)/b18-12+. The van der Waals surface area contributed by atoms with Crippen molar-refractivity contribution < 1.29 is 9.72 Å². The summed E-state index contributed by atoms with van der Waals surface area (Å²) in [6, 6.07) is 19.8. The van der Waals surface area contributed by atoms with Crippen LogP contribution in [0.25, 0.3) is 11.6 Å². The van der Waals surface area contributed by atoms with Crippen molar-refractivity contribution in [3.8, 4) is 0 Å². The Morgan fingerprint density at radius 3 is 2.43 bits per heavy atom. The average Bonchev–Trinajstić information content (AvgIpc) is 2.69. The molecule has 28 heavy (non-hydrogen) atoms. The lowest BCUT2D eigenvalue weighted by atomic mass is 10.0. The number of carbonyl (C=O) groups excluding carboxylic acids is 1. The van der Waals surface area contributed by atoms with Crippen LogP contribution < -0.4 is 5.32 Å². The quantitative estimate of drug-likeness (QED) is 0.238. The van der Waals surface area contributed by atoms with Crippen molar-refractivity contribution in [1.29, 1.82) is 0 Å². The Morgan fingerprint density at radius 1 is 0.964 bits per heavy atom. The van der Waals surface area contributed by atoms with E-state index < -0.39 is 10.8 Å². The molecule has 0 saturated heterocycles. The summed E-state index contributed by atoms with van der Waals surface area (Å²) in [6.45, 7) is 0. The first-order valence-electron chi connectivity index (χ1n) is 8.22. The summed E-state index contributed by atoms with van der Waals surface area (Å²) in [4.78, 5) is 23.5. The van der Waals surface area contributed by atoms with Gasteiger partial charge in [0.25, 0.3) is 11.6 Å². The number of benzene rings is 3. The monoisotopic (exact) mass is 412 g/mol. The zero-order chi connectivity index (χ0) is 20.1. The third-order valence-corrected chi connectivity index (χ3v) is 4.46. The van der Waals surface area contributed by atoms with Crippen LogP contribution in [0.2, 0.25) is 10.0 Å². The van der Waals surface area contributed by atoms with Gasteiger partial charge < -0.3 is 5.32 Å². The van der Waals surface area contributed by atoms with Crippen LogP contribution in [0.4, 0.5) is 11.4 Å². The van der Waals surface area contributed by atoms with E-state index in [4.69, 9.17) is 23.2 Å². The molecule has 140 valence electrons. The van der Waals surface area contributed by atoms with Crippen LogP contribution in [-0.2, 0) is 4.79 Å². The van der Waals surface area contributed by atoms with Gasteiger partial charge in [-0.3, -0.25) is 14.9 Å². The van der Waals surface area contributed by atoms with Crippen LogP contribution in [0, 0.1) is 10.1 Å². The minimum absolute atomic E-state index is 0.0561. The second-order valence-electron chi connectivity index (χ2n) is 5.85. The number of nitro benzene ring substituents is 1. The fourth-order valence-electron chi connectivity index (χ4n) is 2.58. The lowest BCUT2D eigenvalue weighted by molar-refractivity contribution is -0.384. The highest BCUT2D eigenvalue weighted by atomic mass is 35.5. The summed E-state index contributed by atoms with van der Waals surface area (Å²) in [5.41, 5.74) is 1.83. The molecule has 0 bridgehead atoms. The molecule has 1 N–H and O–H groups in total. The Balaban J connectivity index is 2.02. The maximum atomic E-state index is 13.0. The average molecular weight is 413 g/mol. The molecule has 1 amide bonds. The number of non-ortho nitro benzene ring substituents is 1. The molecule has 3 rings (SSSR count). The maximum Gasteiger partial charge on any atom is 0.270 e. The van der Waals surface area contributed by atoms with E-state index in [0.29, 0.717) is 32.4 Å². The predicted octanol–water partition coefficient (Wildman–Crippen LogP) is 6.08. The van der Waals surface area contributed by atoms with Gasteiger partial charge in [-0.25, -0.2) is 0 Å². The maximum absolute atomic E-state index is 13.0. The van der Waals surface area contributed by atoms with Crippen LogP contribution in [0.3, 0.4) is 0 Å². The molecule has 3 aromatic carbocycles. The number of hydrogen-bond acceptors (Lipinski definition) is 3. The smallest absolute Gasteiger partial charge is 0.270 e. The summed E-state index contributed by atoms with van der Waals surface area (Å²) >= 11 is 12.1. The van der Waals surface area contributed by atoms with Crippen molar-refractivity contribution in [3.63, 3.8) is 0 Å². The Bertz CT molecular complexity index is 1070. The van der Waals surface area contributed by atoms with E-state index in [0.717, 1.165) is 0 Å². The van der Waals surface area contributed by atoms with Crippen molar-refractivity contribution in [2.24, 2.45) is 0 Å². The minimum atomic E-state index is -0.481.